The van der Waals surface area contributed by atoms with Crippen LogP contribution in [-0.2, 0) is 0 Å². The first-order valence-electron chi connectivity index (χ1n) is 7.61. The molecule has 2 aliphatic carbocycles. The lowest BCUT2D eigenvalue weighted by Crippen LogP contribution is -2.15. The minimum Gasteiger partial charge on any atom is -0.491 e. The van der Waals surface area contributed by atoms with Crippen molar-refractivity contribution in [3.63, 3.8) is 0 Å². The van der Waals surface area contributed by atoms with E-state index in [0.717, 1.165) is 19.3 Å². The summed E-state index contributed by atoms with van der Waals surface area (Å²) in [7, 11) is 0. The van der Waals surface area contributed by atoms with Crippen LogP contribution < -0.4 is 4.74 Å². The highest BCUT2D eigenvalue weighted by Gasteiger charge is 2.35. The van der Waals surface area contributed by atoms with E-state index < -0.39 is 17.5 Å². The Morgan fingerprint density at radius 3 is 2.36 bits per heavy atom. The molecule has 4 heteroatoms. The van der Waals surface area contributed by atoms with Gasteiger partial charge in [0.05, 0.1) is 6.61 Å². The first-order chi connectivity index (χ1) is 10.6. The zero-order valence-corrected chi connectivity index (χ0v) is 12.2. The second-order valence-electron chi connectivity index (χ2n) is 5.88. The fourth-order valence-corrected chi connectivity index (χ4v) is 3.35. The lowest BCUT2D eigenvalue weighted by atomic mass is 9.74. The van der Waals surface area contributed by atoms with Crippen molar-refractivity contribution in [2.45, 2.75) is 32.1 Å². The summed E-state index contributed by atoms with van der Waals surface area (Å²) in [6.45, 7) is 1.95. The van der Waals surface area contributed by atoms with Crippen LogP contribution >= 0.6 is 0 Å². The topological polar surface area (TPSA) is 9.23 Å². The third-order valence-electron chi connectivity index (χ3n) is 4.73. The predicted octanol–water partition coefficient (Wildman–Crippen LogP) is 5.42. The third kappa shape index (κ3) is 1.67. The van der Waals surface area contributed by atoms with Gasteiger partial charge in [0, 0.05) is 11.1 Å². The smallest absolute Gasteiger partial charge is 0.201 e. The quantitative estimate of drug-likeness (QED) is 0.628. The maximum absolute atomic E-state index is 14.7. The summed E-state index contributed by atoms with van der Waals surface area (Å²) in [5.41, 5.74) is 2.06. The van der Waals surface area contributed by atoms with E-state index in [0.29, 0.717) is 16.7 Å². The highest BCUT2D eigenvalue weighted by atomic mass is 19.2. The van der Waals surface area contributed by atoms with Crippen molar-refractivity contribution in [3.05, 3.63) is 41.2 Å². The van der Waals surface area contributed by atoms with Crippen molar-refractivity contribution in [2.24, 2.45) is 0 Å². The van der Waals surface area contributed by atoms with E-state index in [1.165, 1.54) is 6.07 Å². The summed E-state index contributed by atoms with van der Waals surface area (Å²) in [5.74, 6) is -2.35. The predicted molar refractivity (Wildman–Crippen MR) is 78.5 cm³/mol. The van der Waals surface area contributed by atoms with E-state index in [4.69, 9.17) is 4.74 Å². The number of ether oxygens (including phenoxy) is 1. The third-order valence-corrected chi connectivity index (χ3v) is 4.73. The molecule has 1 saturated carbocycles. The monoisotopic (exact) mass is 304 g/mol. The first-order valence-corrected chi connectivity index (χ1v) is 7.61. The van der Waals surface area contributed by atoms with Crippen molar-refractivity contribution >= 4 is 0 Å². The van der Waals surface area contributed by atoms with Gasteiger partial charge in [-0.05, 0) is 48.4 Å². The van der Waals surface area contributed by atoms with E-state index >= 15 is 0 Å². The van der Waals surface area contributed by atoms with Crippen LogP contribution in [0.25, 0.3) is 22.3 Å². The van der Waals surface area contributed by atoms with Crippen LogP contribution in [0.3, 0.4) is 0 Å². The average molecular weight is 304 g/mol. The summed E-state index contributed by atoms with van der Waals surface area (Å²) >= 11 is 0. The molecule has 2 aromatic rings. The lowest BCUT2D eigenvalue weighted by Gasteiger charge is -2.31. The van der Waals surface area contributed by atoms with Crippen LogP contribution in [0, 0.1) is 17.5 Å². The van der Waals surface area contributed by atoms with Crippen LogP contribution in [0.15, 0.2) is 18.2 Å². The molecule has 0 aliphatic heterocycles. The molecule has 0 atom stereocenters. The minimum absolute atomic E-state index is 0.0506. The zero-order valence-electron chi connectivity index (χ0n) is 12.2. The molecule has 0 spiro atoms. The zero-order chi connectivity index (χ0) is 15.4. The number of fused-ring (bicyclic) bond motifs is 4. The number of halogens is 3. The van der Waals surface area contributed by atoms with Gasteiger partial charge in [-0.15, -0.1) is 0 Å². The summed E-state index contributed by atoms with van der Waals surface area (Å²) in [4.78, 5) is 0. The average Bonchev–Trinajstić information content (AvgIpc) is 2.43. The molecule has 0 aromatic heterocycles. The second-order valence-corrected chi connectivity index (χ2v) is 5.88. The molecule has 0 N–H and O–H groups in total. The van der Waals surface area contributed by atoms with Crippen LogP contribution in [0.4, 0.5) is 13.2 Å². The van der Waals surface area contributed by atoms with Gasteiger partial charge in [0.25, 0.3) is 0 Å². The van der Waals surface area contributed by atoms with Gasteiger partial charge in [0.1, 0.15) is 5.82 Å². The second kappa shape index (κ2) is 4.77. The van der Waals surface area contributed by atoms with Crippen molar-refractivity contribution in [2.75, 3.05) is 6.61 Å². The van der Waals surface area contributed by atoms with E-state index in [1.54, 1.807) is 13.0 Å². The Hall–Kier alpha value is -1.97. The molecule has 0 amide bonds. The van der Waals surface area contributed by atoms with Gasteiger partial charge in [-0.25, -0.2) is 8.78 Å². The SMILES string of the molecule is CCOc1cc2c(c(F)c1F)-c1c-2ccc(C2CCC2)c1F. The van der Waals surface area contributed by atoms with Gasteiger partial charge in [0.15, 0.2) is 11.6 Å². The van der Waals surface area contributed by atoms with E-state index in [9.17, 15) is 13.2 Å². The molecule has 1 nitrogen and oxygen atoms in total. The Morgan fingerprint density at radius 2 is 1.73 bits per heavy atom. The molecule has 2 aromatic carbocycles. The molecule has 0 radical (unpaired) electrons. The molecule has 1 fully saturated rings. The molecule has 0 unspecified atom stereocenters. The van der Waals surface area contributed by atoms with Crippen molar-refractivity contribution in [1.82, 2.24) is 0 Å². The molecule has 0 bridgehead atoms. The number of hydrogen-bond acceptors (Lipinski definition) is 1. The Balaban J connectivity index is 1.86. The molecule has 2 aliphatic rings. The maximum Gasteiger partial charge on any atom is 0.201 e. The lowest BCUT2D eigenvalue weighted by molar-refractivity contribution is 0.314. The molecule has 22 heavy (non-hydrogen) atoms. The Kier molecular flexibility index (Phi) is 2.96. The Labute approximate surface area is 126 Å². The van der Waals surface area contributed by atoms with Crippen molar-refractivity contribution in [1.29, 1.82) is 0 Å². The summed E-state index contributed by atoms with van der Waals surface area (Å²) < 4.78 is 48.1. The summed E-state index contributed by atoms with van der Waals surface area (Å²) in [5, 5.41) is 0. The largest absolute Gasteiger partial charge is 0.491 e. The molecular weight excluding hydrogens is 289 g/mol. The standard InChI is InChI=1S/C18H15F3O/c1-2-22-13-8-12-11-7-6-10(9-4-3-5-9)16(19)14(11)15(12)18(21)17(13)20/h6-9H,2-5H2,1H3. The Bertz CT molecular complexity index is 779. The molecular formula is C18H15F3O. The normalized spacial score (nSPS) is 15.6. The van der Waals surface area contributed by atoms with E-state index in [2.05, 4.69) is 0 Å². The van der Waals surface area contributed by atoms with Gasteiger partial charge < -0.3 is 4.74 Å². The molecule has 0 saturated heterocycles. The van der Waals surface area contributed by atoms with Crippen molar-refractivity contribution < 1.29 is 17.9 Å². The van der Waals surface area contributed by atoms with Crippen LogP contribution in [0.1, 0.15) is 37.7 Å². The van der Waals surface area contributed by atoms with Gasteiger partial charge in [-0.3, -0.25) is 0 Å². The molecule has 114 valence electrons. The first kappa shape index (κ1) is 13.7. The highest BCUT2D eigenvalue weighted by Crippen LogP contribution is 2.54. The maximum atomic E-state index is 14.7. The summed E-state index contributed by atoms with van der Waals surface area (Å²) in [6.07, 6.45) is 3.02. The van der Waals surface area contributed by atoms with Gasteiger partial charge in [0.2, 0.25) is 5.82 Å². The fraction of sp³-hybridized carbons (Fsp3) is 0.333. The van der Waals surface area contributed by atoms with Crippen LogP contribution in [-0.4, -0.2) is 6.61 Å². The van der Waals surface area contributed by atoms with Crippen LogP contribution in [0.2, 0.25) is 0 Å². The van der Waals surface area contributed by atoms with Crippen molar-refractivity contribution in [3.8, 4) is 28.0 Å². The van der Waals surface area contributed by atoms with E-state index in [-0.39, 0.29) is 29.4 Å². The number of benzene rings is 2. The highest BCUT2D eigenvalue weighted by molar-refractivity contribution is 6.03. The number of rotatable bonds is 3. The molecule has 0 heterocycles. The Morgan fingerprint density at radius 1 is 1.00 bits per heavy atom. The van der Waals surface area contributed by atoms with Crippen LogP contribution in [0.5, 0.6) is 5.75 Å². The van der Waals surface area contributed by atoms with Gasteiger partial charge in [-0.2, -0.15) is 4.39 Å². The minimum atomic E-state index is -1.04. The fourth-order valence-electron chi connectivity index (χ4n) is 3.35. The number of hydrogen-bond donors (Lipinski definition) is 0. The van der Waals surface area contributed by atoms with E-state index in [1.807, 2.05) is 6.07 Å². The van der Waals surface area contributed by atoms with Gasteiger partial charge >= 0.3 is 0 Å². The summed E-state index contributed by atoms with van der Waals surface area (Å²) in [6, 6.07) is 5.05. The van der Waals surface area contributed by atoms with Gasteiger partial charge in [-0.1, -0.05) is 18.6 Å². The molecule has 4 rings (SSSR count).